The van der Waals surface area contributed by atoms with Crippen LogP contribution >= 0.6 is 0 Å². The number of rotatable bonds is 5. The smallest absolute Gasteiger partial charge is 0.290 e. The van der Waals surface area contributed by atoms with Crippen LogP contribution in [0.1, 0.15) is 33.3 Å². The summed E-state index contributed by atoms with van der Waals surface area (Å²) in [6, 6.07) is 12.6. The lowest BCUT2D eigenvalue weighted by molar-refractivity contribution is 0.0716. The molecule has 3 aromatic rings. The summed E-state index contributed by atoms with van der Waals surface area (Å²) < 4.78 is 11.2. The number of carbonyl (C=O) groups excluding carboxylic acids is 1. The van der Waals surface area contributed by atoms with E-state index in [0.717, 1.165) is 11.1 Å². The zero-order valence-electron chi connectivity index (χ0n) is 17.1. The Morgan fingerprint density at radius 1 is 1.10 bits per heavy atom. The van der Waals surface area contributed by atoms with Crippen molar-refractivity contribution >= 4 is 16.9 Å². The first-order valence-electron chi connectivity index (χ1n) is 9.57. The Labute approximate surface area is 169 Å². The topological polar surface area (TPSA) is 63.0 Å². The molecular weight excluding hydrogens is 368 g/mol. The maximum atomic E-state index is 13.4. The van der Waals surface area contributed by atoms with E-state index in [2.05, 4.69) is 0 Å². The van der Waals surface area contributed by atoms with Crippen molar-refractivity contribution in [3.05, 3.63) is 75.1 Å². The van der Waals surface area contributed by atoms with Crippen molar-refractivity contribution in [3.63, 3.8) is 0 Å². The van der Waals surface area contributed by atoms with Crippen molar-refractivity contribution < 1.29 is 13.9 Å². The van der Waals surface area contributed by atoms with E-state index in [0.29, 0.717) is 35.4 Å². The Bertz CT molecular complexity index is 1130. The first kappa shape index (κ1) is 19.2. The number of methoxy groups -OCH3 is 1. The molecule has 1 unspecified atom stereocenters. The van der Waals surface area contributed by atoms with Crippen LogP contribution in [0.3, 0.4) is 0 Å². The number of hydrogen-bond acceptors (Lipinski definition) is 5. The van der Waals surface area contributed by atoms with E-state index in [1.165, 1.54) is 0 Å². The maximum Gasteiger partial charge on any atom is 0.290 e. The summed E-state index contributed by atoms with van der Waals surface area (Å²) in [5, 5.41) is 0.448. The predicted molar refractivity (Wildman–Crippen MR) is 112 cm³/mol. The summed E-state index contributed by atoms with van der Waals surface area (Å²) in [5.74, 6) is 0.444. The van der Waals surface area contributed by atoms with E-state index in [-0.39, 0.29) is 17.1 Å². The van der Waals surface area contributed by atoms with Gasteiger partial charge in [0.1, 0.15) is 11.3 Å². The van der Waals surface area contributed by atoms with Crippen molar-refractivity contribution in [2.24, 2.45) is 0 Å². The fourth-order valence-corrected chi connectivity index (χ4v) is 3.76. The zero-order chi connectivity index (χ0) is 20.7. The molecule has 1 aromatic heterocycles. The third kappa shape index (κ3) is 3.29. The third-order valence-electron chi connectivity index (χ3n) is 5.36. The summed E-state index contributed by atoms with van der Waals surface area (Å²) in [4.78, 5) is 30.4. The molecule has 0 radical (unpaired) electrons. The number of aryl methyl sites for hydroxylation is 1. The molecule has 0 spiro atoms. The van der Waals surface area contributed by atoms with E-state index in [9.17, 15) is 9.59 Å². The van der Waals surface area contributed by atoms with Crippen LogP contribution < -0.4 is 10.2 Å². The van der Waals surface area contributed by atoms with Gasteiger partial charge in [0.05, 0.1) is 24.1 Å². The average molecular weight is 392 g/mol. The number of amides is 1. The van der Waals surface area contributed by atoms with E-state index >= 15 is 0 Å². The van der Waals surface area contributed by atoms with Gasteiger partial charge in [-0.1, -0.05) is 29.8 Å². The highest BCUT2D eigenvalue weighted by atomic mass is 16.5. The third-order valence-corrected chi connectivity index (χ3v) is 5.36. The van der Waals surface area contributed by atoms with Crippen LogP contribution in [-0.2, 0) is 0 Å². The first-order chi connectivity index (χ1) is 13.9. The molecule has 0 saturated carbocycles. The lowest BCUT2D eigenvalue weighted by Gasteiger charge is -2.26. The van der Waals surface area contributed by atoms with Gasteiger partial charge in [0.15, 0.2) is 5.43 Å². The van der Waals surface area contributed by atoms with Crippen LogP contribution in [-0.4, -0.2) is 50.0 Å². The molecule has 0 N–H and O–H groups in total. The minimum Gasteiger partial charge on any atom is -0.497 e. The molecule has 4 rings (SSSR count). The molecule has 1 aliphatic rings. The van der Waals surface area contributed by atoms with Gasteiger partial charge in [-0.3, -0.25) is 9.59 Å². The molecule has 0 saturated heterocycles. The Balaban J connectivity index is 1.92. The molecule has 0 aliphatic carbocycles. The summed E-state index contributed by atoms with van der Waals surface area (Å²) in [6.45, 7) is 3.19. The Hall–Kier alpha value is -3.12. The number of likely N-dealkylation sites (N-methyl/N-ethyl adjacent to an activating group) is 1. The van der Waals surface area contributed by atoms with Gasteiger partial charge in [-0.25, -0.2) is 0 Å². The van der Waals surface area contributed by atoms with Gasteiger partial charge in [-0.15, -0.1) is 0 Å². The van der Waals surface area contributed by atoms with Crippen LogP contribution in [0, 0.1) is 6.92 Å². The standard InChI is InChI=1S/C23H24N2O4/c1-14-5-7-15(8-6-14)20-19-21(26)17-10-9-16(28-4)13-18(17)29-22(19)23(27)25(20)12-11-24(2)3/h5-10,13,20H,11-12H2,1-4H3. The largest absolute Gasteiger partial charge is 0.497 e. The molecule has 1 atom stereocenters. The second-order valence-corrected chi connectivity index (χ2v) is 7.65. The van der Waals surface area contributed by atoms with Crippen LogP contribution in [0.2, 0.25) is 0 Å². The fraction of sp³-hybridized carbons (Fsp3) is 0.304. The SMILES string of the molecule is COc1ccc2c(=O)c3c(oc2c1)C(=O)N(CCN(C)C)C3c1ccc(C)cc1. The summed E-state index contributed by atoms with van der Waals surface area (Å²) in [6.07, 6.45) is 0. The van der Waals surface area contributed by atoms with Crippen molar-refractivity contribution in [2.45, 2.75) is 13.0 Å². The molecule has 1 amide bonds. The van der Waals surface area contributed by atoms with Crippen LogP contribution in [0.5, 0.6) is 5.75 Å². The molecule has 0 bridgehead atoms. The monoisotopic (exact) mass is 392 g/mol. The molecular formula is C23H24N2O4. The van der Waals surface area contributed by atoms with Crippen molar-refractivity contribution in [1.29, 1.82) is 0 Å². The van der Waals surface area contributed by atoms with Crippen LogP contribution in [0.4, 0.5) is 0 Å². The lowest BCUT2D eigenvalue weighted by Crippen LogP contribution is -2.35. The fourth-order valence-electron chi connectivity index (χ4n) is 3.76. The maximum absolute atomic E-state index is 13.4. The summed E-state index contributed by atoms with van der Waals surface area (Å²) in [5.41, 5.74) is 2.63. The number of ether oxygens (including phenoxy) is 1. The highest BCUT2D eigenvalue weighted by Crippen LogP contribution is 2.38. The Kier molecular flexibility index (Phi) is 4.88. The predicted octanol–water partition coefficient (Wildman–Crippen LogP) is 3.22. The number of fused-ring (bicyclic) bond motifs is 2. The normalized spacial score (nSPS) is 16.0. The van der Waals surface area contributed by atoms with Gasteiger partial charge in [0, 0.05) is 19.2 Å². The Morgan fingerprint density at radius 2 is 1.83 bits per heavy atom. The van der Waals surface area contributed by atoms with E-state index < -0.39 is 6.04 Å². The number of hydrogen-bond donors (Lipinski definition) is 0. The summed E-state index contributed by atoms with van der Waals surface area (Å²) in [7, 11) is 5.46. The molecule has 0 fully saturated rings. The second-order valence-electron chi connectivity index (χ2n) is 7.65. The van der Waals surface area contributed by atoms with E-state index in [1.807, 2.05) is 50.2 Å². The van der Waals surface area contributed by atoms with Gasteiger partial charge in [0.25, 0.3) is 5.91 Å². The summed E-state index contributed by atoms with van der Waals surface area (Å²) >= 11 is 0. The Morgan fingerprint density at radius 3 is 2.48 bits per heavy atom. The quantitative estimate of drug-likeness (QED) is 0.667. The van der Waals surface area contributed by atoms with Gasteiger partial charge in [-0.2, -0.15) is 0 Å². The van der Waals surface area contributed by atoms with E-state index in [4.69, 9.17) is 9.15 Å². The molecule has 1 aliphatic heterocycles. The zero-order valence-corrected chi connectivity index (χ0v) is 17.1. The second kappa shape index (κ2) is 7.37. The molecule has 150 valence electrons. The number of nitrogens with zero attached hydrogens (tertiary/aromatic N) is 2. The number of benzene rings is 2. The van der Waals surface area contributed by atoms with Crippen molar-refractivity contribution in [3.8, 4) is 5.75 Å². The molecule has 6 heteroatoms. The minimum atomic E-state index is -0.458. The van der Waals surface area contributed by atoms with Gasteiger partial charge < -0.3 is 19.0 Å². The minimum absolute atomic E-state index is 0.125. The molecule has 2 heterocycles. The molecule has 6 nitrogen and oxygen atoms in total. The van der Waals surface area contributed by atoms with E-state index in [1.54, 1.807) is 30.2 Å². The lowest BCUT2D eigenvalue weighted by atomic mass is 9.97. The van der Waals surface area contributed by atoms with Crippen molar-refractivity contribution in [1.82, 2.24) is 9.80 Å². The molecule has 2 aromatic carbocycles. The van der Waals surface area contributed by atoms with Gasteiger partial charge in [-0.05, 0) is 38.7 Å². The first-order valence-corrected chi connectivity index (χ1v) is 9.57. The average Bonchev–Trinajstić information content (AvgIpc) is 2.99. The van der Waals surface area contributed by atoms with Gasteiger partial charge in [0.2, 0.25) is 5.76 Å². The number of carbonyl (C=O) groups is 1. The van der Waals surface area contributed by atoms with Crippen LogP contribution in [0.15, 0.2) is 51.7 Å². The van der Waals surface area contributed by atoms with Crippen molar-refractivity contribution in [2.75, 3.05) is 34.3 Å². The van der Waals surface area contributed by atoms with Crippen LogP contribution in [0.25, 0.3) is 11.0 Å². The van der Waals surface area contributed by atoms with Gasteiger partial charge >= 0.3 is 0 Å². The molecule has 29 heavy (non-hydrogen) atoms. The highest BCUT2D eigenvalue weighted by Gasteiger charge is 2.42. The highest BCUT2D eigenvalue weighted by molar-refractivity contribution is 5.99.